The van der Waals surface area contributed by atoms with Crippen molar-refractivity contribution in [2.75, 3.05) is 10.8 Å². The van der Waals surface area contributed by atoms with Crippen LogP contribution in [0.15, 0.2) is 71.6 Å². The van der Waals surface area contributed by atoms with Gasteiger partial charge in [0.15, 0.2) is 0 Å². The van der Waals surface area contributed by atoms with Gasteiger partial charge in [0.05, 0.1) is 30.7 Å². The largest absolute Gasteiger partial charge is 0.352 e. The lowest BCUT2D eigenvalue weighted by Crippen LogP contribution is -2.53. The minimum Gasteiger partial charge on any atom is -0.352 e. The topological polar surface area (TPSA) is 86.8 Å². The Morgan fingerprint density at radius 2 is 1.60 bits per heavy atom. The summed E-state index contributed by atoms with van der Waals surface area (Å²) in [6.07, 6.45) is 4.11. The van der Waals surface area contributed by atoms with E-state index in [-0.39, 0.29) is 39.1 Å². The Balaban J connectivity index is 1.75. The maximum Gasteiger partial charge on any atom is 0.264 e. The molecule has 1 fully saturated rings. The van der Waals surface area contributed by atoms with Crippen molar-refractivity contribution in [3.8, 4) is 0 Å². The third kappa shape index (κ3) is 7.53. The standard InChI is InChI=1S/C30H31Cl4N3O4S/c1-2-26(30(39)35-21-9-6-7-10-21)36(18-20-15-16-23(31)25(33)17-20)28(38)19-37(27-14-8-13-24(32)29(27)34)42(40,41)22-11-4-3-5-12-22/h3-5,8,11-17,21,26H,2,6-7,9-10,18-19H2,1H3,(H,35,39). The molecular formula is C30H31Cl4N3O4S. The summed E-state index contributed by atoms with van der Waals surface area (Å²) in [5.41, 5.74) is 0.669. The monoisotopic (exact) mass is 669 g/mol. The average molecular weight is 671 g/mol. The van der Waals surface area contributed by atoms with E-state index < -0.39 is 28.5 Å². The van der Waals surface area contributed by atoms with Crippen molar-refractivity contribution >= 4 is 73.9 Å². The number of halogens is 4. The quantitative estimate of drug-likeness (QED) is 0.231. The highest BCUT2D eigenvalue weighted by Crippen LogP contribution is 2.36. The van der Waals surface area contributed by atoms with E-state index in [1.165, 1.54) is 29.2 Å². The maximum absolute atomic E-state index is 14.2. The normalized spacial score (nSPS) is 14.4. The highest BCUT2D eigenvalue weighted by molar-refractivity contribution is 7.92. The molecule has 2 amide bonds. The molecule has 1 unspecified atom stereocenters. The molecule has 3 aromatic carbocycles. The molecule has 3 aromatic rings. The van der Waals surface area contributed by atoms with E-state index >= 15 is 0 Å². The lowest BCUT2D eigenvalue weighted by Gasteiger charge is -2.34. The zero-order valence-electron chi connectivity index (χ0n) is 22.9. The number of carbonyl (C=O) groups is 2. The number of benzene rings is 3. The van der Waals surface area contributed by atoms with Crippen molar-refractivity contribution in [3.05, 3.63) is 92.4 Å². The van der Waals surface area contributed by atoms with Gasteiger partial charge in [-0.05, 0) is 61.2 Å². The van der Waals surface area contributed by atoms with Crippen LogP contribution in [0.25, 0.3) is 0 Å². The highest BCUT2D eigenvalue weighted by atomic mass is 35.5. The molecule has 0 heterocycles. The van der Waals surface area contributed by atoms with Crippen LogP contribution in [0.5, 0.6) is 0 Å². The first-order valence-corrected chi connectivity index (χ1v) is 16.5. The Labute approximate surface area is 266 Å². The van der Waals surface area contributed by atoms with Gasteiger partial charge in [-0.2, -0.15) is 0 Å². The molecule has 12 heteroatoms. The van der Waals surface area contributed by atoms with Gasteiger partial charge in [-0.3, -0.25) is 13.9 Å². The highest BCUT2D eigenvalue weighted by Gasteiger charge is 2.35. The Morgan fingerprint density at radius 3 is 2.24 bits per heavy atom. The summed E-state index contributed by atoms with van der Waals surface area (Å²) in [4.78, 5) is 29.1. The van der Waals surface area contributed by atoms with E-state index in [2.05, 4.69) is 5.32 Å². The van der Waals surface area contributed by atoms with Gasteiger partial charge in [0.1, 0.15) is 12.6 Å². The predicted molar refractivity (Wildman–Crippen MR) is 169 cm³/mol. The summed E-state index contributed by atoms with van der Waals surface area (Å²) < 4.78 is 28.8. The summed E-state index contributed by atoms with van der Waals surface area (Å²) in [5, 5.41) is 3.83. The molecule has 1 aliphatic rings. The number of anilines is 1. The first-order chi connectivity index (χ1) is 20.0. The van der Waals surface area contributed by atoms with Gasteiger partial charge >= 0.3 is 0 Å². The SMILES string of the molecule is CCC(C(=O)NC1CCCC1)N(Cc1ccc(Cl)c(Cl)c1)C(=O)CN(c1cccc(Cl)c1Cl)S(=O)(=O)c1ccccc1. The number of carbonyl (C=O) groups excluding carboxylic acids is 2. The van der Waals surface area contributed by atoms with Crippen molar-refractivity contribution in [1.82, 2.24) is 10.2 Å². The summed E-state index contributed by atoms with van der Waals surface area (Å²) in [5.74, 6) is -0.902. The van der Waals surface area contributed by atoms with Gasteiger partial charge in [-0.25, -0.2) is 8.42 Å². The third-order valence-electron chi connectivity index (χ3n) is 7.23. The van der Waals surface area contributed by atoms with E-state index in [9.17, 15) is 18.0 Å². The Hall–Kier alpha value is -2.49. The van der Waals surface area contributed by atoms with Crippen LogP contribution in [-0.2, 0) is 26.2 Å². The van der Waals surface area contributed by atoms with Crippen LogP contribution >= 0.6 is 46.4 Å². The molecule has 1 aliphatic carbocycles. The van der Waals surface area contributed by atoms with Gasteiger partial charge in [-0.1, -0.05) is 96.5 Å². The summed E-state index contributed by atoms with van der Waals surface area (Å²) in [7, 11) is -4.27. The number of hydrogen-bond donors (Lipinski definition) is 1. The van der Waals surface area contributed by atoms with E-state index in [0.29, 0.717) is 22.0 Å². The van der Waals surface area contributed by atoms with Crippen molar-refractivity contribution in [1.29, 1.82) is 0 Å². The van der Waals surface area contributed by atoms with Crippen LogP contribution < -0.4 is 9.62 Å². The molecule has 0 spiro atoms. The van der Waals surface area contributed by atoms with Crippen LogP contribution in [0, 0.1) is 0 Å². The Morgan fingerprint density at radius 1 is 0.905 bits per heavy atom. The fourth-order valence-corrected chi connectivity index (χ4v) is 7.26. The van der Waals surface area contributed by atoms with Crippen LogP contribution in [0.2, 0.25) is 20.1 Å². The first-order valence-electron chi connectivity index (χ1n) is 13.6. The zero-order chi connectivity index (χ0) is 30.4. The maximum atomic E-state index is 14.2. The van der Waals surface area contributed by atoms with Gasteiger partial charge in [0, 0.05) is 12.6 Å². The number of nitrogens with zero attached hydrogens (tertiary/aromatic N) is 2. The van der Waals surface area contributed by atoms with Gasteiger partial charge in [0.2, 0.25) is 11.8 Å². The minimum absolute atomic E-state index is 0.00514. The van der Waals surface area contributed by atoms with E-state index in [1.807, 2.05) is 0 Å². The molecule has 224 valence electrons. The molecule has 1 saturated carbocycles. The fourth-order valence-electron chi connectivity index (χ4n) is 5.04. The first kappa shape index (κ1) is 32.4. The zero-order valence-corrected chi connectivity index (χ0v) is 26.7. The van der Waals surface area contributed by atoms with Crippen molar-refractivity contribution in [3.63, 3.8) is 0 Å². The second-order valence-corrected chi connectivity index (χ2v) is 13.5. The smallest absolute Gasteiger partial charge is 0.264 e. The van der Waals surface area contributed by atoms with E-state index in [0.717, 1.165) is 30.0 Å². The van der Waals surface area contributed by atoms with Gasteiger partial charge in [0.25, 0.3) is 10.0 Å². The van der Waals surface area contributed by atoms with Crippen LogP contribution in [0.3, 0.4) is 0 Å². The van der Waals surface area contributed by atoms with Gasteiger partial charge < -0.3 is 10.2 Å². The second kappa shape index (κ2) is 14.3. The molecule has 0 aliphatic heterocycles. The Bertz CT molecular complexity index is 1530. The molecule has 1 N–H and O–H groups in total. The number of nitrogens with one attached hydrogen (secondary N) is 1. The molecule has 0 radical (unpaired) electrons. The fraction of sp³-hybridized carbons (Fsp3) is 0.333. The lowest BCUT2D eigenvalue weighted by atomic mass is 10.1. The molecule has 42 heavy (non-hydrogen) atoms. The summed E-state index contributed by atoms with van der Waals surface area (Å²) in [6.45, 7) is 1.17. The predicted octanol–water partition coefficient (Wildman–Crippen LogP) is 7.36. The van der Waals surface area contributed by atoms with Crippen molar-refractivity contribution in [2.45, 2.75) is 62.6 Å². The van der Waals surface area contributed by atoms with Crippen molar-refractivity contribution < 1.29 is 18.0 Å². The van der Waals surface area contributed by atoms with Crippen LogP contribution in [0.1, 0.15) is 44.6 Å². The molecule has 0 bridgehead atoms. The molecule has 4 rings (SSSR count). The summed E-state index contributed by atoms with van der Waals surface area (Å²) in [6, 6.07) is 16.4. The number of rotatable bonds is 11. The minimum atomic E-state index is -4.27. The molecular weight excluding hydrogens is 640 g/mol. The molecule has 1 atom stereocenters. The number of amides is 2. The average Bonchev–Trinajstić information content (AvgIpc) is 3.48. The number of hydrogen-bond acceptors (Lipinski definition) is 4. The second-order valence-electron chi connectivity index (χ2n) is 10.1. The van der Waals surface area contributed by atoms with Gasteiger partial charge in [-0.15, -0.1) is 0 Å². The number of sulfonamides is 1. The Kier molecular flexibility index (Phi) is 11.1. The lowest BCUT2D eigenvalue weighted by molar-refractivity contribution is -0.140. The molecule has 0 aromatic heterocycles. The van der Waals surface area contributed by atoms with E-state index in [1.54, 1.807) is 49.4 Å². The molecule has 7 nitrogen and oxygen atoms in total. The molecule has 0 saturated heterocycles. The third-order valence-corrected chi connectivity index (χ3v) is 10.6. The van der Waals surface area contributed by atoms with E-state index in [4.69, 9.17) is 46.4 Å². The van der Waals surface area contributed by atoms with Crippen LogP contribution in [0.4, 0.5) is 5.69 Å². The van der Waals surface area contributed by atoms with Crippen molar-refractivity contribution in [2.24, 2.45) is 0 Å². The summed E-state index contributed by atoms with van der Waals surface area (Å²) >= 11 is 25.1. The van der Waals surface area contributed by atoms with Crippen LogP contribution in [-0.4, -0.2) is 43.8 Å².